The van der Waals surface area contributed by atoms with E-state index in [1.165, 1.54) is 6.92 Å². The highest BCUT2D eigenvalue weighted by Crippen LogP contribution is 2.05. The third-order valence-corrected chi connectivity index (χ3v) is 2.61. The Kier molecular flexibility index (Phi) is 7.00. The summed E-state index contributed by atoms with van der Waals surface area (Å²) in [6.07, 6.45) is 0. The molecule has 2 unspecified atom stereocenters. The fourth-order valence-corrected chi connectivity index (χ4v) is 1.88. The monoisotopic (exact) mass is 273 g/mol. The molecule has 0 spiro atoms. The summed E-state index contributed by atoms with van der Waals surface area (Å²) in [5.74, 6) is -0.527. The van der Waals surface area contributed by atoms with E-state index in [0.29, 0.717) is 6.54 Å². The maximum atomic E-state index is 12.0. The zero-order valence-corrected chi connectivity index (χ0v) is 12.8. The zero-order valence-electron chi connectivity index (χ0n) is 12.8. The molecule has 0 aliphatic heterocycles. The summed E-state index contributed by atoms with van der Waals surface area (Å²) in [5.41, 5.74) is -1.00. The lowest BCUT2D eigenvalue weighted by Crippen LogP contribution is -2.53. The Bertz CT molecular complexity index is 314. The van der Waals surface area contributed by atoms with Crippen LogP contribution in [0.4, 0.5) is 0 Å². The first-order valence-electron chi connectivity index (χ1n) is 6.47. The first-order valence-corrected chi connectivity index (χ1v) is 6.47. The first kappa shape index (κ1) is 17.9. The van der Waals surface area contributed by atoms with Crippen molar-refractivity contribution in [1.29, 1.82) is 0 Å². The van der Waals surface area contributed by atoms with Gasteiger partial charge in [-0.3, -0.25) is 9.59 Å². The molecule has 112 valence electrons. The van der Waals surface area contributed by atoms with E-state index in [1.54, 1.807) is 6.92 Å². The van der Waals surface area contributed by atoms with E-state index in [0.717, 1.165) is 0 Å². The van der Waals surface area contributed by atoms with E-state index in [4.69, 9.17) is 0 Å². The molecule has 0 aromatic rings. The normalized spacial score (nSPS) is 16.1. The van der Waals surface area contributed by atoms with E-state index in [2.05, 4.69) is 10.6 Å². The highest BCUT2D eigenvalue weighted by atomic mass is 16.3. The number of hydrogen-bond donors (Lipinski definition) is 3. The number of rotatable bonds is 7. The van der Waals surface area contributed by atoms with E-state index >= 15 is 0 Å². The smallest absolute Gasteiger partial charge is 0.242 e. The minimum atomic E-state index is -1.00. The lowest BCUT2D eigenvalue weighted by Gasteiger charge is -2.28. The molecule has 3 N–H and O–H groups in total. The molecule has 0 saturated heterocycles. The summed E-state index contributed by atoms with van der Waals surface area (Å²) in [6, 6.07) is -0.576. The van der Waals surface area contributed by atoms with Gasteiger partial charge < -0.3 is 20.6 Å². The number of nitrogens with one attached hydrogen (secondary N) is 2. The lowest BCUT2D eigenvalue weighted by atomic mass is 10.0. The van der Waals surface area contributed by atoms with Crippen molar-refractivity contribution in [3.8, 4) is 0 Å². The predicted octanol–water partition coefficient (Wildman–Crippen LogP) is -0.424. The molecular formula is C13H27N3O3. The number of hydrogen-bond acceptors (Lipinski definition) is 4. The molecule has 0 rings (SSSR count). The Hall–Kier alpha value is -1.14. The summed E-state index contributed by atoms with van der Waals surface area (Å²) >= 11 is 0. The first-order chi connectivity index (χ1) is 8.55. The molecule has 6 heteroatoms. The SMILES string of the molecule is CC(=O)NC(C(=O)NCC(C)(O)CN(C)C)C(C)C. The van der Waals surface area contributed by atoms with Crippen LogP contribution >= 0.6 is 0 Å². The van der Waals surface area contributed by atoms with Gasteiger partial charge in [0.15, 0.2) is 0 Å². The van der Waals surface area contributed by atoms with Gasteiger partial charge in [-0.15, -0.1) is 0 Å². The van der Waals surface area contributed by atoms with Crippen LogP contribution in [0.25, 0.3) is 0 Å². The van der Waals surface area contributed by atoms with Gasteiger partial charge in [-0.25, -0.2) is 0 Å². The summed E-state index contributed by atoms with van der Waals surface area (Å²) < 4.78 is 0. The minimum absolute atomic E-state index is 0.0114. The van der Waals surface area contributed by atoms with Crippen molar-refractivity contribution in [2.75, 3.05) is 27.2 Å². The molecule has 6 nitrogen and oxygen atoms in total. The lowest BCUT2D eigenvalue weighted by molar-refractivity contribution is -0.130. The Labute approximate surface area is 115 Å². The maximum Gasteiger partial charge on any atom is 0.242 e. The van der Waals surface area contributed by atoms with Gasteiger partial charge in [0, 0.05) is 20.0 Å². The quantitative estimate of drug-likeness (QED) is 0.588. The van der Waals surface area contributed by atoms with E-state index in [9.17, 15) is 14.7 Å². The second-order valence-electron chi connectivity index (χ2n) is 5.87. The molecule has 0 heterocycles. The fourth-order valence-electron chi connectivity index (χ4n) is 1.88. The van der Waals surface area contributed by atoms with Gasteiger partial charge in [-0.05, 0) is 26.9 Å². The fraction of sp³-hybridized carbons (Fsp3) is 0.846. The topological polar surface area (TPSA) is 81.7 Å². The van der Waals surface area contributed by atoms with Gasteiger partial charge in [0.2, 0.25) is 11.8 Å². The van der Waals surface area contributed by atoms with Crippen LogP contribution in [0.3, 0.4) is 0 Å². The van der Waals surface area contributed by atoms with Crippen LogP contribution < -0.4 is 10.6 Å². The molecule has 0 aliphatic carbocycles. The molecule has 0 radical (unpaired) electrons. The average Bonchev–Trinajstić information content (AvgIpc) is 2.20. The van der Waals surface area contributed by atoms with Crippen LogP contribution in [0, 0.1) is 5.92 Å². The van der Waals surface area contributed by atoms with Crippen LogP contribution in [0.5, 0.6) is 0 Å². The largest absolute Gasteiger partial charge is 0.387 e. The third kappa shape index (κ3) is 7.79. The highest BCUT2D eigenvalue weighted by Gasteiger charge is 2.27. The zero-order chi connectivity index (χ0) is 15.2. The number of carbonyl (C=O) groups excluding carboxylic acids is 2. The average molecular weight is 273 g/mol. The molecule has 2 atom stereocenters. The number of nitrogens with zero attached hydrogens (tertiary/aromatic N) is 1. The van der Waals surface area contributed by atoms with E-state index in [-0.39, 0.29) is 24.3 Å². The number of aliphatic hydroxyl groups is 1. The summed E-state index contributed by atoms with van der Waals surface area (Å²) in [6.45, 7) is 7.35. The molecule has 0 aromatic heterocycles. The Morgan fingerprint density at radius 3 is 2.21 bits per heavy atom. The van der Waals surface area contributed by atoms with E-state index < -0.39 is 11.6 Å². The molecule has 0 aromatic carbocycles. The highest BCUT2D eigenvalue weighted by molar-refractivity contribution is 5.87. The second-order valence-corrected chi connectivity index (χ2v) is 5.87. The molecule has 0 fully saturated rings. The molecule has 19 heavy (non-hydrogen) atoms. The summed E-state index contributed by atoms with van der Waals surface area (Å²) in [5, 5.41) is 15.4. The summed E-state index contributed by atoms with van der Waals surface area (Å²) in [7, 11) is 3.70. The van der Waals surface area contributed by atoms with Crippen molar-refractivity contribution in [2.45, 2.75) is 39.3 Å². The van der Waals surface area contributed by atoms with E-state index in [1.807, 2.05) is 32.8 Å². The van der Waals surface area contributed by atoms with Crippen molar-refractivity contribution >= 4 is 11.8 Å². The third-order valence-electron chi connectivity index (χ3n) is 2.61. The van der Waals surface area contributed by atoms with Crippen molar-refractivity contribution in [2.24, 2.45) is 5.92 Å². The molecule has 0 bridgehead atoms. The van der Waals surface area contributed by atoms with Crippen LogP contribution in [0.15, 0.2) is 0 Å². The predicted molar refractivity (Wildman–Crippen MR) is 74.6 cm³/mol. The number of amides is 2. The van der Waals surface area contributed by atoms with Crippen molar-refractivity contribution < 1.29 is 14.7 Å². The van der Waals surface area contributed by atoms with Crippen LogP contribution in [-0.4, -0.2) is 60.6 Å². The van der Waals surface area contributed by atoms with Gasteiger partial charge in [0.25, 0.3) is 0 Å². The van der Waals surface area contributed by atoms with Gasteiger partial charge in [-0.2, -0.15) is 0 Å². The van der Waals surface area contributed by atoms with Crippen molar-refractivity contribution in [3.05, 3.63) is 0 Å². The molecular weight excluding hydrogens is 246 g/mol. The Morgan fingerprint density at radius 2 is 1.84 bits per heavy atom. The summed E-state index contributed by atoms with van der Waals surface area (Å²) in [4.78, 5) is 24.9. The maximum absolute atomic E-state index is 12.0. The Morgan fingerprint density at radius 1 is 1.32 bits per heavy atom. The van der Waals surface area contributed by atoms with Gasteiger partial charge in [0.05, 0.1) is 5.60 Å². The second kappa shape index (κ2) is 7.45. The minimum Gasteiger partial charge on any atom is -0.387 e. The number of likely N-dealkylation sites (N-methyl/N-ethyl adjacent to an activating group) is 1. The number of carbonyl (C=O) groups is 2. The van der Waals surface area contributed by atoms with Gasteiger partial charge in [0.1, 0.15) is 6.04 Å². The molecule has 2 amide bonds. The Balaban J connectivity index is 4.45. The van der Waals surface area contributed by atoms with Crippen LogP contribution in [0.2, 0.25) is 0 Å². The van der Waals surface area contributed by atoms with Crippen LogP contribution in [0.1, 0.15) is 27.7 Å². The molecule has 0 saturated carbocycles. The van der Waals surface area contributed by atoms with Gasteiger partial charge in [-0.1, -0.05) is 13.8 Å². The van der Waals surface area contributed by atoms with Crippen LogP contribution in [-0.2, 0) is 9.59 Å². The standard InChI is InChI=1S/C13H27N3O3/c1-9(2)11(15-10(3)17)12(18)14-7-13(4,19)8-16(5)6/h9,11,19H,7-8H2,1-6H3,(H,14,18)(H,15,17). The van der Waals surface area contributed by atoms with Crippen molar-refractivity contribution in [3.63, 3.8) is 0 Å². The molecule has 0 aliphatic rings. The van der Waals surface area contributed by atoms with Gasteiger partial charge >= 0.3 is 0 Å². The van der Waals surface area contributed by atoms with Crippen molar-refractivity contribution in [1.82, 2.24) is 15.5 Å².